The van der Waals surface area contributed by atoms with Gasteiger partial charge in [0, 0.05) is 19.7 Å². The van der Waals surface area contributed by atoms with Crippen LogP contribution in [0.4, 0.5) is 0 Å². The van der Waals surface area contributed by atoms with Crippen molar-refractivity contribution in [3.63, 3.8) is 0 Å². The van der Waals surface area contributed by atoms with Gasteiger partial charge in [-0.1, -0.05) is 19.4 Å². The van der Waals surface area contributed by atoms with Crippen molar-refractivity contribution in [1.29, 1.82) is 0 Å². The van der Waals surface area contributed by atoms with E-state index in [9.17, 15) is 0 Å². The third kappa shape index (κ3) is 6.43. The topological polar surface area (TPSA) is 34.4 Å². The molecule has 0 aliphatic rings. The van der Waals surface area contributed by atoms with Gasteiger partial charge in [0.15, 0.2) is 0 Å². The lowest BCUT2D eigenvalue weighted by Gasteiger charge is -2.03. The van der Waals surface area contributed by atoms with Gasteiger partial charge in [-0.2, -0.15) is 0 Å². The summed E-state index contributed by atoms with van der Waals surface area (Å²) in [5.41, 5.74) is 0. The van der Waals surface area contributed by atoms with Crippen LogP contribution in [0.5, 0.6) is 0 Å². The zero-order valence-electron chi connectivity index (χ0n) is 9.95. The molecule has 0 radical (unpaired) electrons. The molecule has 3 nitrogen and oxygen atoms in total. The van der Waals surface area contributed by atoms with Crippen LogP contribution >= 0.6 is 0 Å². The molecule has 1 aromatic rings. The maximum absolute atomic E-state index is 5.42. The van der Waals surface area contributed by atoms with Gasteiger partial charge >= 0.3 is 0 Å². The molecule has 0 aliphatic carbocycles. The molecule has 16 heavy (non-hydrogen) atoms. The second-order valence-corrected chi connectivity index (χ2v) is 3.59. The molecule has 1 rings (SSSR count). The second-order valence-electron chi connectivity index (χ2n) is 3.59. The van der Waals surface area contributed by atoms with E-state index >= 15 is 0 Å². The van der Waals surface area contributed by atoms with Crippen molar-refractivity contribution in [1.82, 2.24) is 5.32 Å². The summed E-state index contributed by atoms with van der Waals surface area (Å²) in [6.45, 7) is 5.57. The molecular weight excluding hydrogens is 202 g/mol. The van der Waals surface area contributed by atoms with E-state index in [0.29, 0.717) is 0 Å². The number of ether oxygens (including phenoxy) is 1. The van der Waals surface area contributed by atoms with E-state index in [2.05, 4.69) is 12.2 Å². The zero-order valence-corrected chi connectivity index (χ0v) is 9.95. The fourth-order valence-electron chi connectivity index (χ4n) is 1.24. The Kier molecular flexibility index (Phi) is 7.47. The highest BCUT2D eigenvalue weighted by Gasteiger charge is 1.88. The molecular formula is C13H21NO2. The van der Waals surface area contributed by atoms with Crippen LogP contribution in [0.3, 0.4) is 0 Å². The van der Waals surface area contributed by atoms with Gasteiger partial charge in [0.1, 0.15) is 5.76 Å². The largest absolute Gasteiger partial charge is 0.465 e. The maximum Gasteiger partial charge on any atom is 0.126 e. The molecule has 90 valence electrons. The van der Waals surface area contributed by atoms with Gasteiger partial charge in [-0.15, -0.1) is 0 Å². The smallest absolute Gasteiger partial charge is 0.126 e. The van der Waals surface area contributed by atoms with E-state index < -0.39 is 0 Å². The summed E-state index contributed by atoms with van der Waals surface area (Å²) in [5.74, 6) is 0.890. The minimum absolute atomic E-state index is 0.786. The lowest BCUT2D eigenvalue weighted by Crippen LogP contribution is -2.19. The lowest BCUT2D eigenvalue weighted by atomic mass is 10.4. The summed E-state index contributed by atoms with van der Waals surface area (Å²) in [6.07, 6.45) is 8.03. The molecule has 0 spiro atoms. The minimum atomic E-state index is 0.786. The Labute approximate surface area is 97.5 Å². The van der Waals surface area contributed by atoms with Crippen LogP contribution < -0.4 is 5.32 Å². The van der Waals surface area contributed by atoms with Gasteiger partial charge < -0.3 is 14.5 Å². The highest BCUT2D eigenvalue weighted by molar-refractivity contribution is 5.42. The van der Waals surface area contributed by atoms with E-state index in [-0.39, 0.29) is 0 Å². The predicted molar refractivity (Wildman–Crippen MR) is 66.3 cm³/mol. The third-order valence-electron chi connectivity index (χ3n) is 2.15. The first-order valence-electron chi connectivity index (χ1n) is 5.92. The lowest BCUT2D eigenvalue weighted by molar-refractivity contribution is 0.133. The van der Waals surface area contributed by atoms with Crippen LogP contribution in [-0.4, -0.2) is 26.3 Å². The Bertz CT molecular complexity index is 267. The fourth-order valence-corrected chi connectivity index (χ4v) is 1.24. The highest BCUT2D eigenvalue weighted by Crippen LogP contribution is 2.01. The summed E-state index contributed by atoms with van der Waals surface area (Å²) in [4.78, 5) is 0. The van der Waals surface area contributed by atoms with Crippen molar-refractivity contribution in [3.8, 4) is 0 Å². The number of rotatable bonds is 9. The van der Waals surface area contributed by atoms with Crippen molar-refractivity contribution in [2.45, 2.75) is 19.8 Å². The molecule has 3 heteroatoms. The Hall–Kier alpha value is -1.06. The number of hydrogen-bond acceptors (Lipinski definition) is 3. The summed E-state index contributed by atoms with van der Waals surface area (Å²) < 4.78 is 10.6. The van der Waals surface area contributed by atoms with E-state index in [1.165, 1.54) is 6.42 Å². The molecule has 0 atom stereocenters. The molecule has 0 aliphatic heterocycles. The quantitative estimate of drug-likeness (QED) is 0.654. The van der Waals surface area contributed by atoms with Crippen molar-refractivity contribution in [2.24, 2.45) is 0 Å². The molecule has 0 saturated carbocycles. The van der Waals surface area contributed by atoms with Crippen LogP contribution in [0, 0.1) is 0 Å². The van der Waals surface area contributed by atoms with Gasteiger partial charge in [0.25, 0.3) is 0 Å². The van der Waals surface area contributed by atoms with Gasteiger partial charge in [-0.25, -0.2) is 0 Å². The Morgan fingerprint density at radius 2 is 2.38 bits per heavy atom. The van der Waals surface area contributed by atoms with E-state index in [4.69, 9.17) is 9.15 Å². The van der Waals surface area contributed by atoms with Gasteiger partial charge in [0.2, 0.25) is 0 Å². The maximum atomic E-state index is 5.42. The molecule has 1 aromatic heterocycles. The highest BCUT2D eigenvalue weighted by atomic mass is 16.5. The molecule has 1 N–H and O–H groups in total. The van der Waals surface area contributed by atoms with E-state index in [0.717, 1.165) is 38.5 Å². The SMILES string of the molecule is CCCCOCCNC/C=C/c1ccco1. The monoisotopic (exact) mass is 223 g/mol. The molecule has 0 saturated heterocycles. The van der Waals surface area contributed by atoms with Crippen molar-refractivity contribution in [2.75, 3.05) is 26.3 Å². The Morgan fingerprint density at radius 1 is 1.44 bits per heavy atom. The molecule has 0 fully saturated rings. The van der Waals surface area contributed by atoms with Gasteiger partial charge in [-0.3, -0.25) is 0 Å². The normalized spacial score (nSPS) is 11.3. The first-order chi connectivity index (χ1) is 7.93. The summed E-state index contributed by atoms with van der Waals surface area (Å²) in [7, 11) is 0. The van der Waals surface area contributed by atoms with E-state index in [1.807, 2.05) is 24.3 Å². The van der Waals surface area contributed by atoms with Crippen LogP contribution in [0.25, 0.3) is 6.08 Å². The third-order valence-corrected chi connectivity index (χ3v) is 2.15. The first-order valence-corrected chi connectivity index (χ1v) is 5.92. The number of furan rings is 1. The average molecular weight is 223 g/mol. The molecule has 0 aromatic carbocycles. The molecule has 1 heterocycles. The standard InChI is InChI=1S/C13H21NO2/c1-2-3-10-15-12-9-14-8-4-6-13-7-5-11-16-13/h4-7,11,14H,2-3,8-10,12H2,1H3/b6-4+. The molecule has 0 unspecified atom stereocenters. The molecule has 0 amide bonds. The average Bonchev–Trinajstić information content (AvgIpc) is 2.80. The number of unbranched alkanes of at least 4 members (excludes halogenated alkanes) is 1. The van der Waals surface area contributed by atoms with Crippen LogP contribution in [0.1, 0.15) is 25.5 Å². The second kappa shape index (κ2) is 9.19. The summed E-state index contributed by atoms with van der Waals surface area (Å²) in [6, 6.07) is 3.82. The van der Waals surface area contributed by atoms with Crippen molar-refractivity contribution < 1.29 is 9.15 Å². The van der Waals surface area contributed by atoms with Crippen LogP contribution in [-0.2, 0) is 4.74 Å². The zero-order chi connectivity index (χ0) is 11.5. The predicted octanol–water partition coefficient (Wildman–Crippen LogP) is 2.70. The van der Waals surface area contributed by atoms with Gasteiger partial charge in [-0.05, 0) is 24.6 Å². The Balaban J connectivity index is 1.88. The minimum Gasteiger partial charge on any atom is -0.465 e. The number of nitrogens with one attached hydrogen (secondary N) is 1. The van der Waals surface area contributed by atoms with E-state index in [1.54, 1.807) is 6.26 Å². The van der Waals surface area contributed by atoms with Crippen LogP contribution in [0.2, 0.25) is 0 Å². The van der Waals surface area contributed by atoms with Crippen molar-refractivity contribution >= 4 is 6.08 Å². The Morgan fingerprint density at radius 3 is 3.12 bits per heavy atom. The van der Waals surface area contributed by atoms with Crippen molar-refractivity contribution in [3.05, 3.63) is 30.2 Å². The number of hydrogen-bond donors (Lipinski definition) is 1. The summed E-state index contributed by atoms with van der Waals surface area (Å²) in [5, 5.41) is 3.27. The first kappa shape index (κ1) is 13.0. The fraction of sp³-hybridized carbons (Fsp3) is 0.538. The summed E-state index contributed by atoms with van der Waals surface area (Å²) >= 11 is 0. The van der Waals surface area contributed by atoms with Crippen LogP contribution in [0.15, 0.2) is 28.9 Å². The molecule has 0 bridgehead atoms. The van der Waals surface area contributed by atoms with Gasteiger partial charge in [0.05, 0.1) is 12.9 Å².